The monoisotopic (exact) mass is 707 g/mol. The van der Waals surface area contributed by atoms with Crippen molar-refractivity contribution in [3.63, 3.8) is 0 Å². The Morgan fingerprint density at radius 3 is 1.79 bits per heavy atom. The van der Waals surface area contributed by atoms with Crippen molar-refractivity contribution in [3.8, 4) is 17.2 Å². The van der Waals surface area contributed by atoms with E-state index in [1.165, 1.54) is 6.07 Å². The van der Waals surface area contributed by atoms with Gasteiger partial charge in [0.15, 0.2) is 23.3 Å². The molecule has 14 heteroatoms. The molecule has 2 N–H and O–H groups in total. The zero-order valence-corrected chi connectivity index (χ0v) is 29.5. The Hall–Kier alpha value is -5.94. The minimum atomic E-state index is -0.971. The Kier molecular flexibility index (Phi) is 7.44. The molecule has 0 saturated heterocycles. The Bertz CT molecular complexity index is 2800. The molecule has 4 aliphatic rings. The Morgan fingerprint density at radius 1 is 0.538 bits per heavy atom. The highest BCUT2D eigenvalue weighted by atomic mass is 27.1. The van der Waals surface area contributed by atoms with Crippen molar-refractivity contribution < 1.29 is 24.1 Å². The zero-order valence-electron chi connectivity index (χ0n) is 28.3. The molecule has 0 atom stereocenters. The van der Waals surface area contributed by atoms with Crippen molar-refractivity contribution >= 4 is 72.2 Å². The van der Waals surface area contributed by atoms with Crippen molar-refractivity contribution in [2.75, 3.05) is 19.8 Å². The number of aliphatic imine (C=N–C) groups is 4. The SMILES string of the molecule is CCOc1cccc2c1C1=NC2=Nc2c3c(F)cccc3c3[n]2[Al][n]2c(c4cccc(OCC)c4c2=NC2=NC(=N3)c3c(OCC)cccc32)=N1.O. The van der Waals surface area contributed by atoms with Gasteiger partial charge in [-0.2, -0.15) is 0 Å². The van der Waals surface area contributed by atoms with Crippen LogP contribution in [-0.4, -0.2) is 71.4 Å². The van der Waals surface area contributed by atoms with Crippen LogP contribution in [0.5, 0.6) is 17.2 Å². The van der Waals surface area contributed by atoms with E-state index < -0.39 is 21.5 Å². The fourth-order valence-electron chi connectivity index (χ4n) is 7.26. The molecule has 12 nitrogen and oxygen atoms in total. The van der Waals surface area contributed by atoms with E-state index in [0.717, 1.165) is 33.0 Å². The molecule has 52 heavy (non-hydrogen) atoms. The van der Waals surface area contributed by atoms with Gasteiger partial charge >= 0.3 is 15.7 Å². The average Bonchev–Trinajstić information content (AvgIpc) is 3.84. The number of rotatable bonds is 6. The summed E-state index contributed by atoms with van der Waals surface area (Å²) >= 11 is -0.971. The third kappa shape index (κ3) is 4.48. The second kappa shape index (κ2) is 12.1. The van der Waals surface area contributed by atoms with Gasteiger partial charge in [-0.1, -0.05) is 48.5 Å². The van der Waals surface area contributed by atoms with Crippen LogP contribution in [-0.2, 0) is 0 Å². The number of nitrogens with zero attached hydrogens (tertiary/aromatic N) is 8. The van der Waals surface area contributed by atoms with E-state index in [0.29, 0.717) is 93.8 Å². The lowest BCUT2D eigenvalue weighted by Gasteiger charge is -2.12. The lowest BCUT2D eigenvalue weighted by atomic mass is 10.1. The Labute approximate surface area is 302 Å². The van der Waals surface area contributed by atoms with Crippen molar-refractivity contribution in [3.05, 3.63) is 112 Å². The normalized spacial score (nSPS) is 14.4. The molecule has 6 heterocycles. The molecular formula is C38H29AlFN8O4. The van der Waals surface area contributed by atoms with Crippen LogP contribution in [0.4, 0.5) is 16.0 Å². The summed E-state index contributed by atoms with van der Waals surface area (Å²) in [4.78, 5) is 31.1. The molecule has 6 bridgehead atoms. The number of benzene rings is 4. The van der Waals surface area contributed by atoms with Crippen LogP contribution in [0.2, 0.25) is 0 Å². The van der Waals surface area contributed by atoms with Gasteiger partial charge in [-0.15, -0.1) is 0 Å². The topological polar surface area (TPSA) is 143 Å². The molecule has 1 radical (unpaired) electrons. The molecule has 10 rings (SSSR count). The van der Waals surface area contributed by atoms with E-state index in [1.807, 2.05) is 85.0 Å². The first-order valence-corrected chi connectivity index (χ1v) is 17.9. The number of ether oxygens (including phenoxy) is 3. The van der Waals surface area contributed by atoms with Gasteiger partial charge < -0.3 is 26.8 Å². The summed E-state index contributed by atoms with van der Waals surface area (Å²) in [6, 6.07) is 22.5. The second-order valence-corrected chi connectivity index (χ2v) is 13.4. The van der Waals surface area contributed by atoms with E-state index in [-0.39, 0.29) is 5.48 Å². The van der Waals surface area contributed by atoms with Gasteiger partial charge in [0.1, 0.15) is 45.7 Å². The zero-order chi connectivity index (χ0) is 34.4. The number of halogens is 1. The van der Waals surface area contributed by atoms with Gasteiger partial charge in [0.05, 0.1) is 41.7 Å². The number of hydrogen-bond acceptors (Lipinski definition) is 9. The van der Waals surface area contributed by atoms with E-state index in [4.69, 9.17) is 44.2 Å². The molecule has 4 aromatic carbocycles. The molecule has 255 valence electrons. The molecule has 2 aromatic heterocycles. The Balaban J connectivity index is 0.00000360. The number of fused-ring (bicyclic) bond motifs is 14. The van der Waals surface area contributed by atoms with Crippen LogP contribution in [0.15, 0.2) is 103 Å². The molecule has 0 fully saturated rings. The van der Waals surface area contributed by atoms with Crippen LogP contribution in [0, 0.1) is 5.82 Å². The lowest BCUT2D eigenvalue weighted by Crippen LogP contribution is -2.36. The summed E-state index contributed by atoms with van der Waals surface area (Å²) in [7, 11) is 0. The van der Waals surface area contributed by atoms with Crippen molar-refractivity contribution in [1.29, 1.82) is 0 Å². The maximum absolute atomic E-state index is 16.2. The Morgan fingerprint density at radius 2 is 1.08 bits per heavy atom. The minimum Gasteiger partial charge on any atom is -0.493 e. The molecule has 0 unspecified atom stereocenters. The number of hydrogen-bond donors (Lipinski definition) is 0. The molecule has 0 saturated carbocycles. The first-order chi connectivity index (χ1) is 25.1. The number of aromatic nitrogens is 2. The van der Waals surface area contributed by atoms with Crippen LogP contribution in [0.3, 0.4) is 0 Å². The lowest BCUT2D eigenvalue weighted by molar-refractivity contribution is 0.339. The van der Waals surface area contributed by atoms with E-state index in [2.05, 4.69) is 3.55 Å². The highest BCUT2D eigenvalue weighted by molar-refractivity contribution is 6.37. The van der Waals surface area contributed by atoms with Gasteiger partial charge in [0, 0.05) is 21.9 Å². The van der Waals surface area contributed by atoms with E-state index in [1.54, 1.807) is 6.07 Å². The summed E-state index contributed by atoms with van der Waals surface area (Å²) in [6.45, 7) is 7.20. The van der Waals surface area contributed by atoms with Crippen molar-refractivity contribution in [2.24, 2.45) is 30.0 Å². The third-order valence-corrected chi connectivity index (χ3v) is 10.7. The van der Waals surface area contributed by atoms with Crippen LogP contribution in [0.25, 0.3) is 21.5 Å². The first kappa shape index (κ1) is 32.0. The largest absolute Gasteiger partial charge is 0.568 e. The molecule has 0 spiro atoms. The molecular weight excluding hydrogens is 678 g/mol. The van der Waals surface area contributed by atoms with Crippen LogP contribution in [0.1, 0.15) is 43.0 Å². The van der Waals surface area contributed by atoms with Crippen molar-refractivity contribution in [1.82, 2.24) is 7.10 Å². The third-order valence-electron chi connectivity index (χ3n) is 9.26. The van der Waals surface area contributed by atoms with Crippen LogP contribution >= 0.6 is 0 Å². The van der Waals surface area contributed by atoms with Gasteiger partial charge in [0.2, 0.25) is 0 Å². The smallest absolute Gasteiger partial charge is 0.493 e. The average molecular weight is 708 g/mol. The van der Waals surface area contributed by atoms with Crippen LogP contribution < -0.4 is 25.2 Å². The van der Waals surface area contributed by atoms with Gasteiger partial charge in [-0.05, 0) is 45.0 Å². The fraction of sp³-hybridized carbons (Fsp3) is 0.158. The second-order valence-electron chi connectivity index (χ2n) is 12.1. The maximum Gasteiger partial charge on any atom is 0.568 e. The van der Waals surface area contributed by atoms with Gasteiger partial charge in [-0.3, -0.25) is 0 Å². The fourth-order valence-corrected chi connectivity index (χ4v) is 8.69. The maximum atomic E-state index is 16.2. The molecule has 0 amide bonds. The molecule has 6 aromatic rings. The highest BCUT2D eigenvalue weighted by Crippen LogP contribution is 2.42. The summed E-state index contributed by atoms with van der Waals surface area (Å²) < 4.78 is 38.8. The number of amidine groups is 4. The first-order valence-electron chi connectivity index (χ1n) is 16.9. The predicted octanol–water partition coefficient (Wildman–Crippen LogP) is 4.98. The highest BCUT2D eigenvalue weighted by Gasteiger charge is 2.33. The summed E-state index contributed by atoms with van der Waals surface area (Å²) in [6.07, 6.45) is 0. The summed E-state index contributed by atoms with van der Waals surface area (Å²) in [5.74, 6) is 4.21. The standard InChI is InChI=1S/C38H27FN8O3.Al.H2O/c1-4-48-24-16-8-12-20-28(24)37-43-32(20)41-35-27-19(11-7-15-23(27)39)31(40-35)42-36-29-21(13-9-17-25(29)49-5-2)33(44-36)46-38-30-22(34(45-37)47-38)14-10-18-26(30)50-6-3;;/h7-18H,4-6H2,1-3H3;;1H2/q-2;+2;. The van der Waals surface area contributed by atoms with Crippen molar-refractivity contribution in [2.45, 2.75) is 20.8 Å². The molecule has 0 aliphatic carbocycles. The summed E-state index contributed by atoms with van der Waals surface area (Å²) in [5, 5.41) is 2.55. The molecule has 4 aliphatic heterocycles. The quantitative estimate of drug-likeness (QED) is 0.225. The predicted molar refractivity (Wildman–Crippen MR) is 198 cm³/mol. The van der Waals surface area contributed by atoms with E-state index in [9.17, 15) is 0 Å². The van der Waals surface area contributed by atoms with E-state index >= 15 is 4.39 Å². The van der Waals surface area contributed by atoms with Gasteiger partial charge in [-0.25, -0.2) is 34.3 Å². The minimum absolute atomic E-state index is 0. The summed E-state index contributed by atoms with van der Waals surface area (Å²) in [5.41, 5.74) is 4.21. The van der Waals surface area contributed by atoms with Gasteiger partial charge in [0.25, 0.3) is 0 Å².